The van der Waals surface area contributed by atoms with Crippen molar-refractivity contribution < 1.29 is 4.79 Å². The van der Waals surface area contributed by atoms with E-state index >= 15 is 0 Å². The van der Waals surface area contributed by atoms with Crippen LogP contribution in [0, 0.1) is 0 Å². The first-order chi connectivity index (χ1) is 9.13. The Hall–Kier alpha value is -1.63. The van der Waals surface area contributed by atoms with Crippen LogP contribution in [0.15, 0.2) is 42.6 Å². The highest BCUT2D eigenvalue weighted by Gasteiger charge is 2.45. The summed E-state index contributed by atoms with van der Waals surface area (Å²) < 4.78 is 0. The molecule has 0 heterocycles. The molecule has 0 N–H and O–H groups in total. The lowest BCUT2D eigenvalue weighted by atomic mass is 9.72. The van der Waals surface area contributed by atoms with Gasteiger partial charge in [0.1, 0.15) is 5.54 Å². The maximum absolute atomic E-state index is 12.6. The number of rotatable bonds is 3. The Balaban J connectivity index is 2.55. The third-order valence-corrected chi connectivity index (χ3v) is 4.07. The molecule has 2 heteroatoms. The monoisotopic (exact) mass is 255 g/mol. The predicted octanol–water partition coefficient (Wildman–Crippen LogP) is 3.30. The Bertz CT molecular complexity index is 511. The van der Waals surface area contributed by atoms with E-state index in [1.807, 2.05) is 49.3 Å². The van der Waals surface area contributed by atoms with Gasteiger partial charge in [-0.3, -0.25) is 9.69 Å². The van der Waals surface area contributed by atoms with E-state index in [4.69, 9.17) is 0 Å². The molecule has 1 unspecified atom stereocenters. The van der Waals surface area contributed by atoms with Crippen LogP contribution in [0.25, 0.3) is 5.57 Å². The topological polar surface area (TPSA) is 20.3 Å². The second-order valence-electron chi connectivity index (χ2n) is 5.30. The molecule has 1 aliphatic carbocycles. The molecule has 1 atom stereocenters. The summed E-state index contributed by atoms with van der Waals surface area (Å²) in [5.74, 6) is 0.291. The smallest absolute Gasteiger partial charge is 0.158 e. The number of carbonyl (C=O) groups excluding carboxylic acids is 1. The Labute approximate surface area is 115 Å². The van der Waals surface area contributed by atoms with E-state index in [0.29, 0.717) is 12.2 Å². The molecular weight excluding hydrogens is 234 g/mol. The molecule has 0 saturated heterocycles. The number of hydrogen-bond acceptors (Lipinski definition) is 2. The van der Waals surface area contributed by atoms with Crippen molar-refractivity contribution in [2.45, 2.75) is 31.2 Å². The highest BCUT2D eigenvalue weighted by atomic mass is 16.1. The highest BCUT2D eigenvalue weighted by Crippen LogP contribution is 2.39. The normalized spacial score (nSPS) is 23.2. The van der Waals surface area contributed by atoms with Gasteiger partial charge in [0.25, 0.3) is 0 Å². The van der Waals surface area contributed by atoms with Crippen molar-refractivity contribution in [3.8, 4) is 0 Å². The van der Waals surface area contributed by atoms with Crippen LogP contribution >= 0.6 is 0 Å². The largest absolute Gasteiger partial charge is 0.297 e. The second-order valence-corrected chi connectivity index (χ2v) is 5.30. The van der Waals surface area contributed by atoms with Gasteiger partial charge in [-0.1, -0.05) is 43.3 Å². The minimum atomic E-state index is -0.554. The molecule has 2 nitrogen and oxygen atoms in total. The Morgan fingerprint density at radius 3 is 2.47 bits per heavy atom. The molecule has 0 aromatic heterocycles. The number of benzene rings is 1. The maximum Gasteiger partial charge on any atom is 0.158 e. The number of likely N-dealkylation sites (N-methyl/N-ethyl adjacent to an activating group) is 1. The van der Waals surface area contributed by atoms with E-state index in [2.05, 4.69) is 12.3 Å². The van der Waals surface area contributed by atoms with Gasteiger partial charge in [0.05, 0.1) is 0 Å². The summed E-state index contributed by atoms with van der Waals surface area (Å²) in [5.41, 5.74) is 4.45. The molecule has 0 aliphatic heterocycles. The first-order valence-electron chi connectivity index (χ1n) is 6.79. The minimum absolute atomic E-state index is 0.291. The molecule has 1 aromatic rings. The lowest BCUT2D eigenvalue weighted by molar-refractivity contribution is -0.128. The summed E-state index contributed by atoms with van der Waals surface area (Å²) in [6.45, 7) is 3.83. The van der Waals surface area contributed by atoms with Crippen LogP contribution in [0.3, 0.4) is 0 Å². The van der Waals surface area contributed by atoms with Crippen molar-refractivity contribution >= 4 is 11.4 Å². The van der Waals surface area contributed by atoms with E-state index < -0.39 is 5.54 Å². The Kier molecular flexibility index (Phi) is 4.04. The zero-order chi connectivity index (χ0) is 13.9. The van der Waals surface area contributed by atoms with Crippen LogP contribution in [0.4, 0.5) is 0 Å². The molecular formula is C17H21NO. The molecule has 100 valence electrons. The number of ketones is 1. The van der Waals surface area contributed by atoms with Gasteiger partial charge in [0, 0.05) is 12.0 Å². The number of Topliss-reactive ketones (excluding diaryl/α,β-unsaturated/α-hetero) is 1. The van der Waals surface area contributed by atoms with Crippen molar-refractivity contribution in [2.75, 3.05) is 14.1 Å². The molecule has 19 heavy (non-hydrogen) atoms. The van der Waals surface area contributed by atoms with E-state index in [9.17, 15) is 4.79 Å². The molecule has 0 bridgehead atoms. The fraction of sp³-hybridized carbons (Fsp3) is 0.412. The van der Waals surface area contributed by atoms with Gasteiger partial charge < -0.3 is 0 Å². The van der Waals surface area contributed by atoms with Gasteiger partial charge in [0.2, 0.25) is 0 Å². The van der Waals surface area contributed by atoms with Gasteiger partial charge in [0.15, 0.2) is 5.78 Å². The fourth-order valence-electron chi connectivity index (χ4n) is 3.07. The zero-order valence-electron chi connectivity index (χ0n) is 11.8. The van der Waals surface area contributed by atoms with Crippen LogP contribution in [0.5, 0.6) is 0 Å². The van der Waals surface area contributed by atoms with E-state index in [1.165, 1.54) is 0 Å². The molecule has 0 amide bonds. The van der Waals surface area contributed by atoms with Gasteiger partial charge in [-0.2, -0.15) is 0 Å². The average molecular weight is 255 g/mol. The zero-order valence-corrected chi connectivity index (χ0v) is 11.8. The quantitative estimate of drug-likeness (QED) is 0.772. The predicted molar refractivity (Wildman–Crippen MR) is 78.9 cm³/mol. The summed E-state index contributed by atoms with van der Waals surface area (Å²) in [7, 11) is 3.95. The first-order valence-corrected chi connectivity index (χ1v) is 6.79. The highest BCUT2D eigenvalue weighted by molar-refractivity contribution is 6.02. The maximum atomic E-state index is 12.6. The summed E-state index contributed by atoms with van der Waals surface area (Å²) in [5, 5.41) is 0. The molecule has 1 fully saturated rings. The van der Waals surface area contributed by atoms with Crippen LogP contribution < -0.4 is 0 Å². The minimum Gasteiger partial charge on any atom is -0.297 e. The van der Waals surface area contributed by atoms with Gasteiger partial charge in [-0.15, -0.1) is 5.73 Å². The molecule has 1 aromatic carbocycles. The first kappa shape index (κ1) is 13.8. The van der Waals surface area contributed by atoms with E-state index in [1.54, 1.807) is 0 Å². The molecule has 2 rings (SSSR count). The number of hydrogen-bond donors (Lipinski definition) is 0. The van der Waals surface area contributed by atoms with Crippen LogP contribution in [-0.4, -0.2) is 30.3 Å². The third kappa shape index (κ3) is 2.30. The molecule has 0 spiro atoms. The van der Waals surface area contributed by atoms with Crippen molar-refractivity contribution in [2.24, 2.45) is 0 Å². The Morgan fingerprint density at radius 1 is 1.26 bits per heavy atom. The number of nitrogens with zero attached hydrogens (tertiary/aromatic N) is 1. The standard InChI is InChI=1S/C17H21NO/c1-4-15(14-10-6-5-7-11-14)17(18(2)3)13-9-8-12-16(17)19/h5-7,10-11H,1,8-9,12-13H2,2-3H3. The lowest BCUT2D eigenvalue weighted by Crippen LogP contribution is -2.53. The molecule has 1 aliphatic rings. The van der Waals surface area contributed by atoms with Gasteiger partial charge >= 0.3 is 0 Å². The average Bonchev–Trinajstić information content (AvgIpc) is 2.42. The summed E-state index contributed by atoms with van der Waals surface area (Å²) in [4.78, 5) is 14.6. The van der Waals surface area contributed by atoms with Crippen LogP contribution in [0.1, 0.15) is 31.2 Å². The fourth-order valence-corrected chi connectivity index (χ4v) is 3.07. The summed E-state index contributed by atoms with van der Waals surface area (Å²) in [6.07, 6.45) is 3.57. The van der Waals surface area contributed by atoms with Crippen LogP contribution in [-0.2, 0) is 4.79 Å². The summed E-state index contributed by atoms with van der Waals surface area (Å²) >= 11 is 0. The number of carbonyl (C=O) groups is 1. The SMILES string of the molecule is C=C=C(c1ccccc1)C1(N(C)C)CCCCC1=O. The summed E-state index contributed by atoms with van der Waals surface area (Å²) in [6, 6.07) is 10.0. The van der Waals surface area contributed by atoms with Crippen molar-refractivity contribution in [1.82, 2.24) is 4.90 Å². The van der Waals surface area contributed by atoms with E-state index in [-0.39, 0.29) is 0 Å². The van der Waals surface area contributed by atoms with E-state index in [0.717, 1.165) is 30.4 Å². The van der Waals surface area contributed by atoms with Crippen molar-refractivity contribution in [3.05, 3.63) is 48.2 Å². The van der Waals surface area contributed by atoms with Crippen molar-refractivity contribution in [3.63, 3.8) is 0 Å². The van der Waals surface area contributed by atoms with Gasteiger partial charge in [-0.05, 0) is 32.5 Å². The Morgan fingerprint density at radius 2 is 1.95 bits per heavy atom. The van der Waals surface area contributed by atoms with Gasteiger partial charge in [-0.25, -0.2) is 0 Å². The van der Waals surface area contributed by atoms with Crippen LogP contribution in [0.2, 0.25) is 0 Å². The lowest BCUT2D eigenvalue weighted by Gasteiger charge is -2.42. The third-order valence-electron chi connectivity index (χ3n) is 4.07. The van der Waals surface area contributed by atoms with Crippen molar-refractivity contribution in [1.29, 1.82) is 0 Å². The second kappa shape index (κ2) is 5.56. The molecule has 0 radical (unpaired) electrons. The molecule has 1 saturated carbocycles.